The van der Waals surface area contributed by atoms with Gasteiger partial charge in [0.15, 0.2) is 9.84 Å². The summed E-state index contributed by atoms with van der Waals surface area (Å²) in [7, 11) is -3.09. The number of carbonyl (C=O) groups is 1. The fourth-order valence-electron chi connectivity index (χ4n) is 4.12. The molecule has 4 rings (SSSR count). The summed E-state index contributed by atoms with van der Waals surface area (Å²) in [6.45, 7) is 2.49. The average Bonchev–Trinajstić information content (AvgIpc) is 3.39. The third-order valence-corrected chi connectivity index (χ3v) is 8.50. The Morgan fingerprint density at radius 3 is 2.76 bits per heavy atom. The Morgan fingerprint density at radius 1 is 1.35 bits per heavy atom. The van der Waals surface area contributed by atoms with Crippen molar-refractivity contribution in [2.24, 2.45) is 0 Å². The number of likely N-dealkylation sites (N-methyl/N-ethyl adjacent to an activating group) is 1. The number of amides is 1. The van der Waals surface area contributed by atoms with Crippen LogP contribution >= 0.6 is 11.3 Å². The van der Waals surface area contributed by atoms with Gasteiger partial charge in [-0.3, -0.25) is 19.1 Å². The summed E-state index contributed by atoms with van der Waals surface area (Å²) >= 11 is 1.37. The standard InChI is InChI=1S/C23H25N5O4S2/c1-2-27(13-20(29)25-17-8-11-34(31,32)15-17)12-19-26-22-21(23(30)28(19)10-9-24)18(14-33-22)16-6-4-3-5-7-16/h3-7,14,17H,2,8,10-13,15H2,1H3,(H,25,29)/t17-/m0/s1. The molecule has 1 aliphatic rings. The summed E-state index contributed by atoms with van der Waals surface area (Å²) < 4.78 is 24.7. The van der Waals surface area contributed by atoms with E-state index >= 15 is 0 Å². The Hall–Kier alpha value is -3.07. The molecule has 9 nitrogen and oxygen atoms in total. The summed E-state index contributed by atoms with van der Waals surface area (Å²) in [5.74, 6) is 0.193. The van der Waals surface area contributed by atoms with Gasteiger partial charge < -0.3 is 5.32 Å². The average molecular weight is 500 g/mol. The number of hydrogen-bond donors (Lipinski definition) is 1. The fourth-order valence-corrected chi connectivity index (χ4v) is 6.75. The van der Waals surface area contributed by atoms with Crippen molar-refractivity contribution in [1.82, 2.24) is 19.8 Å². The van der Waals surface area contributed by atoms with Gasteiger partial charge in [0.2, 0.25) is 5.91 Å². The molecule has 1 aliphatic heterocycles. The second-order valence-corrected chi connectivity index (χ2v) is 11.3. The summed E-state index contributed by atoms with van der Waals surface area (Å²) in [4.78, 5) is 33.0. The molecule has 0 spiro atoms. The van der Waals surface area contributed by atoms with Gasteiger partial charge in [0, 0.05) is 17.0 Å². The molecule has 0 unspecified atom stereocenters. The molecule has 1 saturated heterocycles. The molecule has 1 aromatic carbocycles. The van der Waals surface area contributed by atoms with E-state index in [1.165, 1.54) is 15.9 Å². The highest BCUT2D eigenvalue weighted by Crippen LogP contribution is 2.31. The van der Waals surface area contributed by atoms with Crippen molar-refractivity contribution in [2.45, 2.75) is 32.5 Å². The Bertz CT molecular complexity index is 1410. The molecule has 178 valence electrons. The zero-order valence-electron chi connectivity index (χ0n) is 18.7. The zero-order valence-corrected chi connectivity index (χ0v) is 20.4. The molecule has 1 fully saturated rings. The van der Waals surface area contributed by atoms with Gasteiger partial charge >= 0.3 is 0 Å². The van der Waals surface area contributed by atoms with Crippen molar-refractivity contribution >= 4 is 37.3 Å². The van der Waals surface area contributed by atoms with Crippen LogP contribution in [-0.4, -0.2) is 59.4 Å². The maximum atomic E-state index is 13.4. The quantitative estimate of drug-likeness (QED) is 0.501. The molecule has 0 aliphatic carbocycles. The lowest BCUT2D eigenvalue weighted by Crippen LogP contribution is -2.43. The highest BCUT2D eigenvalue weighted by molar-refractivity contribution is 7.91. The van der Waals surface area contributed by atoms with Gasteiger partial charge in [-0.2, -0.15) is 5.26 Å². The topological polar surface area (TPSA) is 125 Å². The predicted octanol–water partition coefficient (Wildman–Crippen LogP) is 1.77. The molecule has 1 amide bonds. The first kappa shape index (κ1) is 24.1. The lowest BCUT2D eigenvalue weighted by molar-refractivity contribution is -0.122. The summed E-state index contributed by atoms with van der Waals surface area (Å²) in [5.41, 5.74) is 1.41. The van der Waals surface area contributed by atoms with E-state index in [0.717, 1.165) is 11.1 Å². The van der Waals surface area contributed by atoms with E-state index in [9.17, 15) is 23.3 Å². The number of nitrogens with zero attached hydrogens (tertiary/aromatic N) is 4. The van der Waals surface area contributed by atoms with E-state index in [4.69, 9.17) is 4.98 Å². The van der Waals surface area contributed by atoms with Crippen LogP contribution in [0.15, 0.2) is 40.5 Å². The number of rotatable bonds is 8. The molecule has 11 heteroatoms. The number of aromatic nitrogens is 2. The van der Waals surface area contributed by atoms with Gasteiger partial charge in [-0.15, -0.1) is 11.3 Å². The van der Waals surface area contributed by atoms with Gasteiger partial charge in [0.05, 0.1) is 36.1 Å². The van der Waals surface area contributed by atoms with Gasteiger partial charge in [-0.25, -0.2) is 13.4 Å². The molecular weight excluding hydrogens is 474 g/mol. The Balaban J connectivity index is 1.59. The Labute approximate surface area is 201 Å². The Kier molecular flexibility index (Phi) is 7.11. The second-order valence-electron chi connectivity index (χ2n) is 8.24. The van der Waals surface area contributed by atoms with Crippen molar-refractivity contribution in [2.75, 3.05) is 24.6 Å². The second kappa shape index (κ2) is 10.0. The van der Waals surface area contributed by atoms with E-state index in [1.54, 1.807) is 0 Å². The summed E-state index contributed by atoms with van der Waals surface area (Å²) in [5, 5.41) is 14.5. The monoisotopic (exact) mass is 499 g/mol. The van der Waals surface area contributed by atoms with Crippen LogP contribution in [0.25, 0.3) is 21.3 Å². The highest BCUT2D eigenvalue weighted by atomic mass is 32.2. The van der Waals surface area contributed by atoms with Crippen LogP contribution in [0.4, 0.5) is 0 Å². The molecule has 0 saturated carbocycles. The van der Waals surface area contributed by atoms with Crippen LogP contribution in [0.1, 0.15) is 19.2 Å². The Morgan fingerprint density at radius 2 is 2.12 bits per heavy atom. The molecular formula is C23H25N5O4S2. The highest BCUT2D eigenvalue weighted by Gasteiger charge is 2.29. The van der Waals surface area contributed by atoms with Crippen LogP contribution in [0.2, 0.25) is 0 Å². The van der Waals surface area contributed by atoms with E-state index in [-0.39, 0.29) is 48.6 Å². The third-order valence-electron chi connectivity index (χ3n) is 5.86. The molecule has 1 atom stereocenters. The van der Waals surface area contributed by atoms with E-state index in [1.807, 2.05) is 53.6 Å². The first-order valence-electron chi connectivity index (χ1n) is 11.0. The van der Waals surface area contributed by atoms with Gasteiger partial charge in [-0.1, -0.05) is 37.3 Å². The minimum absolute atomic E-state index is 0.0348. The molecule has 0 radical (unpaired) electrons. The maximum absolute atomic E-state index is 13.4. The number of thiophene rings is 1. The molecule has 2 aromatic heterocycles. The first-order chi connectivity index (χ1) is 16.3. The van der Waals surface area contributed by atoms with Crippen molar-refractivity contribution in [3.05, 3.63) is 51.9 Å². The van der Waals surface area contributed by atoms with Crippen molar-refractivity contribution < 1.29 is 13.2 Å². The number of carbonyl (C=O) groups excluding carboxylic acids is 1. The molecule has 1 N–H and O–H groups in total. The van der Waals surface area contributed by atoms with E-state index in [2.05, 4.69) is 5.32 Å². The summed E-state index contributed by atoms with van der Waals surface area (Å²) in [6, 6.07) is 11.2. The molecule has 0 bridgehead atoms. The minimum atomic E-state index is -3.09. The maximum Gasteiger partial charge on any atom is 0.263 e. The third kappa shape index (κ3) is 5.19. The fraction of sp³-hybridized carbons (Fsp3) is 0.391. The molecule has 3 aromatic rings. The van der Waals surface area contributed by atoms with Crippen LogP contribution in [-0.2, 0) is 27.7 Å². The van der Waals surface area contributed by atoms with Gasteiger partial charge in [0.1, 0.15) is 17.2 Å². The smallest absolute Gasteiger partial charge is 0.263 e. The first-order valence-corrected chi connectivity index (χ1v) is 13.7. The number of sulfone groups is 1. The van der Waals surface area contributed by atoms with Gasteiger partial charge in [-0.05, 0) is 18.5 Å². The number of fused-ring (bicyclic) bond motifs is 1. The summed E-state index contributed by atoms with van der Waals surface area (Å²) in [6.07, 6.45) is 0.419. The van der Waals surface area contributed by atoms with Crippen molar-refractivity contribution in [3.63, 3.8) is 0 Å². The lowest BCUT2D eigenvalue weighted by Gasteiger charge is -2.22. The molecule has 34 heavy (non-hydrogen) atoms. The lowest BCUT2D eigenvalue weighted by atomic mass is 10.1. The normalized spacial score (nSPS) is 17.1. The zero-order chi connectivity index (χ0) is 24.3. The van der Waals surface area contributed by atoms with Crippen molar-refractivity contribution in [1.29, 1.82) is 5.26 Å². The SMILES string of the molecule is CCN(CC(=O)N[C@H]1CCS(=O)(=O)C1)Cc1nc2scc(-c3ccccc3)c2c(=O)n1CC#N. The largest absolute Gasteiger partial charge is 0.351 e. The van der Waals surface area contributed by atoms with Crippen LogP contribution in [0, 0.1) is 11.3 Å². The minimum Gasteiger partial charge on any atom is -0.351 e. The van der Waals surface area contributed by atoms with E-state index in [0.29, 0.717) is 29.0 Å². The molecule has 3 heterocycles. The number of nitrogens with one attached hydrogen (secondary N) is 1. The van der Waals surface area contributed by atoms with Crippen LogP contribution in [0.5, 0.6) is 0 Å². The van der Waals surface area contributed by atoms with E-state index < -0.39 is 9.84 Å². The number of benzene rings is 1. The van der Waals surface area contributed by atoms with Crippen LogP contribution in [0.3, 0.4) is 0 Å². The van der Waals surface area contributed by atoms with Crippen molar-refractivity contribution in [3.8, 4) is 17.2 Å². The predicted molar refractivity (Wildman–Crippen MR) is 131 cm³/mol. The number of nitriles is 1. The van der Waals surface area contributed by atoms with Gasteiger partial charge in [0.25, 0.3) is 5.56 Å². The van der Waals surface area contributed by atoms with Crippen LogP contribution < -0.4 is 10.9 Å². The number of hydrogen-bond acceptors (Lipinski definition) is 8.